The number of halogens is 1. The second-order valence-electron chi connectivity index (χ2n) is 6.25. The molecule has 5 heteroatoms. The first-order valence-corrected chi connectivity index (χ1v) is 8.58. The quantitative estimate of drug-likeness (QED) is 0.807. The first-order chi connectivity index (χ1) is 11.0. The van der Waals surface area contributed by atoms with Crippen LogP contribution >= 0.6 is 11.6 Å². The maximum absolute atomic E-state index is 12.7. The Morgan fingerprint density at radius 3 is 2.43 bits per heavy atom. The fourth-order valence-corrected chi connectivity index (χ4v) is 3.17. The van der Waals surface area contributed by atoms with E-state index in [0.29, 0.717) is 5.02 Å². The molecule has 1 amide bonds. The SMILES string of the molecule is CC[C@@H](C)NC(=O)COC(=O)C1(c2ccc(Cl)cc2)CCCC1. The fraction of sp³-hybridized carbons (Fsp3) is 0.556. The highest BCUT2D eigenvalue weighted by molar-refractivity contribution is 6.30. The third-order valence-electron chi connectivity index (χ3n) is 4.60. The van der Waals surface area contributed by atoms with Crippen LogP contribution in [0.1, 0.15) is 51.5 Å². The van der Waals surface area contributed by atoms with E-state index < -0.39 is 5.41 Å². The zero-order valence-corrected chi connectivity index (χ0v) is 14.5. The summed E-state index contributed by atoms with van der Waals surface area (Å²) in [5, 5.41) is 3.44. The summed E-state index contributed by atoms with van der Waals surface area (Å²) in [6.45, 7) is 3.69. The van der Waals surface area contributed by atoms with Crippen molar-refractivity contribution in [2.75, 3.05) is 6.61 Å². The van der Waals surface area contributed by atoms with Crippen LogP contribution in [0.5, 0.6) is 0 Å². The summed E-state index contributed by atoms with van der Waals surface area (Å²) >= 11 is 5.94. The second kappa shape index (κ2) is 7.82. The highest BCUT2D eigenvalue weighted by Gasteiger charge is 2.44. The molecule has 0 spiro atoms. The molecule has 1 N–H and O–H groups in total. The van der Waals surface area contributed by atoms with Gasteiger partial charge in [0.05, 0.1) is 5.41 Å². The number of carbonyl (C=O) groups is 2. The van der Waals surface area contributed by atoms with Gasteiger partial charge in [0.1, 0.15) is 0 Å². The van der Waals surface area contributed by atoms with E-state index in [1.54, 1.807) is 12.1 Å². The van der Waals surface area contributed by atoms with E-state index in [-0.39, 0.29) is 24.5 Å². The smallest absolute Gasteiger partial charge is 0.317 e. The summed E-state index contributed by atoms with van der Waals surface area (Å²) in [6, 6.07) is 7.43. The molecule has 1 fully saturated rings. The van der Waals surface area contributed by atoms with Crippen molar-refractivity contribution in [1.82, 2.24) is 5.32 Å². The van der Waals surface area contributed by atoms with E-state index in [9.17, 15) is 9.59 Å². The number of hydrogen-bond acceptors (Lipinski definition) is 3. The minimum absolute atomic E-state index is 0.0814. The van der Waals surface area contributed by atoms with E-state index in [1.807, 2.05) is 26.0 Å². The van der Waals surface area contributed by atoms with Crippen LogP contribution in [0.15, 0.2) is 24.3 Å². The Hall–Kier alpha value is -1.55. The Labute approximate surface area is 142 Å². The number of benzene rings is 1. The van der Waals surface area contributed by atoms with E-state index in [0.717, 1.165) is 37.7 Å². The largest absolute Gasteiger partial charge is 0.455 e. The summed E-state index contributed by atoms with van der Waals surface area (Å²) in [4.78, 5) is 24.5. The van der Waals surface area contributed by atoms with Crippen LogP contribution in [0, 0.1) is 0 Å². The second-order valence-corrected chi connectivity index (χ2v) is 6.69. The zero-order valence-electron chi connectivity index (χ0n) is 13.7. The molecule has 1 atom stereocenters. The summed E-state index contributed by atoms with van der Waals surface area (Å²) < 4.78 is 5.34. The minimum atomic E-state index is -0.638. The third-order valence-corrected chi connectivity index (χ3v) is 4.85. The lowest BCUT2D eigenvalue weighted by Gasteiger charge is -2.27. The van der Waals surface area contributed by atoms with E-state index >= 15 is 0 Å². The maximum Gasteiger partial charge on any atom is 0.317 e. The highest BCUT2D eigenvalue weighted by Crippen LogP contribution is 2.42. The molecule has 0 unspecified atom stereocenters. The molecule has 1 aromatic rings. The van der Waals surface area contributed by atoms with Crippen LogP contribution in [0.4, 0.5) is 0 Å². The lowest BCUT2D eigenvalue weighted by atomic mass is 9.79. The van der Waals surface area contributed by atoms with Gasteiger partial charge in [-0.3, -0.25) is 9.59 Å². The lowest BCUT2D eigenvalue weighted by Crippen LogP contribution is -2.39. The predicted octanol–water partition coefficient (Wildman–Crippen LogP) is 3.61. The van der Waals surface area contributed by atoms with E-state index in [4.69, 9.17) is 16.3 Å². The Balaban J connectivity index is 2.04. The fourth-order valence-electron chi connectivity index (χ4n) is 3.05. The monoisotopic (exact) mass is 337 g/mol. The number of nitrogens with one attached hydrogen (secondary N) is 1. The first-order valence-electron chi connectivity index (χ1n) is 8.20. The van der Waals surface area contributed by atoms with Gasteiger partial charge >= 0.3 is 5.97 Å². The molecule has 0 bridgehead atoms. The van der Waals surface area contributed by atoms with Crippen LogP contribution < -0.4 is 5.32 Å². The van der Waals surface area contributed by atoms with Gasteiger partial charge in [0.2, 0.25) is 0 Å². The van der Waals surface area contributed by atoms with Crippen LogP contribution in [-0.2, 0) is 19.7 Å². The Kier molecular flexibility index (Phi) is 6.05. The van der Waals surface area contributed by atoms with E-state index in [2.05, 4.69) is 5.32 Å². The normalized spacial score (nSPS) is 17.5. The molecule has 0 saturated heterocycles. The van der Waals surface area contributed by atoms with Crippen LogP contribution in [-0.4, -0.2) is 24.5 Å². The molecule has 0 heterocycles. The third kappa shape index (κ3) is 4.25. The average molecular weight is 338 g/mol. The summed E-state index contributed by atoms with van der Waals surface area (Å²) in [5.74, 6) is -0.562. The molecule has 23 heavy (non-hydrogen) atoms. The van der Waals surface area contributed by atoms with Gasteiger partial charge in [-0.2, -0.15) is 0 Å². The maximum atomic E-state index is 12.7. The number of esters is 1. The number of carbonyl (C=O) groups excluding carboxylic acids is 2. The molecule has 2 rings (SSSR count). The Morgan fingerprint density at radius 1 is 1.26 bits per heavy atom. The number of rotatable bonds is 6. The van der Waals surface area contributed by atoms with Crippen molar-refractivity contribution >= 4 is 23.5 Å². The molecule has 0 aromatic heterocycles. The average Bonchev–Trinajstić information content (AvgIpc) is 3.04. The van der Waals surface area contributed by atoms with Gasteiger partial charge < -0.3 is 10.1 Å². The van der Waals surface area contributed by atoms with Crippen molar-refractivity contribution in [3.05, 3.63) is 34.9 Å². The van der Waals surface area contributed by atoms with Crippen molar-refractivity contribution in [3.8, 4) is 0 Å². The molecule has 1 aliphatic rings. The van der Waals surface area contributed by atoms with E-state index in [1.165, 1.54) is 0 Å². The highest BCUT2D eigenvalue weighted by atomic mass is 35.5. The van der Waals surface area contributed by atoms with Gasteiger partial charge in [-0.15, -0.1) is 0 Å². The number of hydrogen-bond donors (Lipinski definition) is 1. The van der Waals surface area contributed by atoms with Gasteiger partial charge in [0.25, 0.3) is 5.91 Å². The predicted molar refractivity (Wildman–Crippen MR) is 90.5 cm³/mol. The van der Waals surface area contributed by atoms with Crippen molar-refractivity contribution in [1.29, 1.82) is 0 Å². The summed E-state index contributed by atoms with van der Waals surface area (Å²) in [5.41, 5.74) is 0.285. The van der Waals surface area contributed by atoms with Gasteiger partial charge in [0.15, 0.2) is 6.61 Å². The van der Waals surface area contributed by atoms with Crippen LogP contribution in [0.3, 0.4) is 0 Å². The van der Waals surface area contributed by atoms with Gasteiger partial charge in [0, 0.05) is 11.1 Å². The minimum Gasteiger partial charge on any atom is -0.455 e. The summed E-state index contributed by atoms with van der Waals surface area (Å²) in [6.07, 6.45) is 4.31. The molecule has 1 aromatic carbocycles. The molecule has 1 aliphatic carbocycles. The molecular weight excluding hydrogens is 314 g/mol. The molecule has 0 aliphatic heterocycles. The van der Waals surface area contributed by atoms with Crippen molar-refractivity contribution in [3.63, 3.8) is 0 Å². The summed E-state index contributed by atoms with van der Waals surface area (Å²) in [7, 11) is 0. The molecule has 1 saturated carbocycles. The van der Waals surface area contributed by atoms with Gasteiger partial charge in [-0.05, 0) is 43.9 Å². The van der Waals surface area contributed by atoms with Crippen LogP contribution in [0.2, 0.25) is 5.02 Å². The van der Waals surface area contributed by atoms with Gasteiger partial charge in [-0.1, -0.05) is 43.5 Å². The molecular formula is C18H24ClNO3. The van der Waals surface area contributed by atoms with Crippen molar-refractivity contribution in [2.45, 2.75) is 57.4 Å². The molecule has 126 valence electrons. The molecule has 4 nitrogen and oxygen atoms in total. The van der Waals surface area contributed by atoms with Gasteiger partial charge in [-0.25, -0.2) is 0 Å². The topological polar surface area (TPSA) is 55.4 Å². The zero-order chi connectivity index (χ0) is 16.9. The first kappa shape index (κ1) is 17.8. The standard InChI is InChI=1S/C18H24ClNO3/c1-3-13(2)20-16(21)12-23-17(22)18(10-4-5-11-18)14-6-8-15(19)9-7-14/h6-9,13H,3-5,10-12H2,1-2H3,(H,20,21)/t13-/m1/s1. The number of ether oxygens (including phenoxy) is 1. The number of amides is 1. The van der Waals surface area contributed by atoms with Crippen LogP contribution in [0.25, 0.3) is 0 Å². The lowest BCUT2D eigenvalue weighted by molar-refractivity contribution is -0.154. The Bertz CT molecular complexity index is 550. The van der Waals surface area contributed by atoms with Crippen molar-refractivity contribution < 1.29 is 14.3 Å². The Morgan fingerprint density at radius 2 is 1.87 bits per heavy atom. The van der Waals surface area contributed by atoms with Crippen molar-refractivity contribution in [2.24, 2.45) is 0 Å². The molecule has 0 radical (unpaired) electrons.